The van der Waals surface area contributed by atoms with Crippen molar-refractivity contribution in [2.75, 3.05) is 13.2 Å². The summed E-state index contributed by atoms with van der Waals surface area (Å²) < 4.78 is 14.0. The molecule has 23 heavy (non-hydrogen) atoms. The van der Waals surface area contributed by atoms with Gasteiger partial charge in [-0.3, -0.25) is 13.9 Å². The van der Waals surface area contributed by atoms with E-state index in [1.165, 1.54) is 4.57 Å². The zero-order valence-corrected chi connectivity index (χ0v) is 13.4. The van der Waals surface area contributed by atoms with E-state index in [0.717, 1.165) is 36.9 Å². The molecule has 0 radical (unpaired) electrons. The minimum Gasteiger partial charge on any atom is -0.462 e. The van der Waals surface area contributed by atoms with Crippen LogP contribution in [0.2, 0.25) is 0 Å². The number of aromatic nitrogens is 2. The van der Waals surface area contributed by atoms with Crippen molar-refractivity contribution in [2.24, 2.45) is 0 Å². The van der Waals surface area contributed by atoms with Crippen LogP contribution in [0.25, 0.3) is 11.0 Å². The highest BCUT2D eigenvalue weighted by Crippen LogP contribution is 2.14. The number of hydrogen-bond acceptors (Lipinski definition) is 4. The molecular weight excluding hydrogens is 296 g/mol. The predicted octanol–water partition coefficient (Wildman–Crippen LogP) is 1.94. The quantitative estimate of drug-likeness (QED) is 0.790. The van der Waals surface area contributed by atoms with E-state index in [4.69, 9.17) is 9.47 Å². The lowest BCUT2D eigenvalue weighted by Crippen LogP contribution is -2.30. The van der Waals surface area contributed by atoms with Crippen LogP contribution < -0.4 is 5.69 Å². The number of hydrogen-bond donors (Lipinski definition) is 0. The van der Waals surface area contributed by atoms with Gasteiger partial charge in [0.1, 0.15) is 13.2 Å². The summed E-state index contributed by atoms with van der Waals surface area (Å²) in [6.45, 7) is 3.40. The molecule has 6 nitrogen and oxygen atoms in total. The van der Waals surface area contributed by atoms with E-state index in [0.29, 0.717) is 6.54 Å². The van der Waals surface area contributed by atoms with Gasteiger partial charge in [-0.05, 0) is 38.3 Å². The molecule has 2 aromatic rings. The van der Waals surface area contributed by atoms with Crippen LogP contribution in [0.3, 0.4) is 0 Å². The molecule has 0 bridgehead atoms. The van der Waals surface area contributed by atoms with Gasteiger partial charge in [0, 0.05) is 13.2 Å². The smallest absolute Gasteiger partial charge is 0.329 e. The molecule has 0 N–H and O–H groups in total. The van der Waals surface area contributed by atoms with Gasteiger partial charge in [0.25, 0.3) is 0 Å². The fourth-order valence-corrected chi connectivity index (χ4v) is 3.03. The fraction of sp³-hybridized carbons (Fsp3) is 0.529. The Morgan fingerprint density at radius 3 is 2.65 bits per heavy atom. The van der Waals surface area contributed by atoms with Gasteiger partial charge in [-0.25, -0.2) is 4.79 Å². The summed E-state index contributed by atoms with van der Waals surface area (Å²) in [4.78, 5) is 24.6. The number of benzene rings is 1. The molecule has 0 saturated carbocycles. The molecule has 1 saturated heterocycles. The minimum atomic E-state index is -0.403. The average molecular weight is 318 g/mol. The Morgan fingerprint density at radius 2 is 2.00 bits per heavy atom. The van der Waals surface area contributed by atoms with Crippen LogP contribution >= 0.6 is 0 Å². The number of ether oxygens (including phenoxy) is 2. The molecule has 1 atom stereocenters. The number of imidazole rings is 1. The normalized spacial score (nSPS) is 18.2. The summed E-state index contributed by atoms with van der Waals surface area (Å²) in [6.07, 6.45) is 3.08. The highest BCUT2D eigenvalue weighted by molar-refractivity contribution is 5.78. The Balaban J connectivity index is 1.72. The van der Waals surface area contributed by atoms with Crippen LogP contribution in [-0.2, 0) is 27.4 Å². The van der Waals surface area contributed by atoms with Gasteiger partial charge in [-0.1, -0.05) is 12.1 Å². The zero-order valence-electron chi connectivity index (χ0n) is 13.4. The number of rotatable bonds is 5. The van der Waals surface area contributed by atoms with E-state index < -0.39 is 5.97 Å². The summed E-state index contributed by atoms with van der Waals surface area (Å²) in [5.41, 5.74) is 1.41. The van der Waals surface area contributed by atoms with Crippen molar-refractivity contribution in [1.82, 2.24) is 9.13 Å². The molecular formula is C17H22N2O4. The van der Waals surface area contributed by atoms with Crippen LogP contribution in [0.1, 0.15) is 26.2 Å². The lowest BCUT2D eigenvalue weighted by atomic mass is 10.1. The molecule has 3 rings (SSSR count). The van der Waals surface area contributed by atoms with Crippen molar-refractivity contribution >= 4 is 17.0 Å². The van der Waals surface area contributed by atoms with Crippen molar-refractivity contribution in [3.63, 3.8) is 0 Å². The highest BCUT2D eigenvalue weighted by atomic mass is 16.6. The first kappa shape index (κ1) is 15.8. The Hall–Kier alpha value is -2.08. The highest BCUT2D eigenvalue weighted by Gasteiger charge is 2.18. The molecule has 6 heteroatoms. The summed E-state index contributed by atoms with van der Waals surface area (Å²) in [5.74, 6) is -0.403. The van der Waals surface area contributed by atoms with Crippen molar-refractivity contribution in [2.45, 2.75) is 45.4 Å². The molecule has 0 spiro atoms. The number of carbonyl (C=O) groups excluding carboxylic acids is 1. The van der Waals surface area contributed by atoms with Crippen molar-refractivity contribution in [1.29, 1.82) is 0 Å². The average Bonchev–Trinajstić information content (AvgIpc) is 2.85. The van der Waals surface area contributed by atoms with Gasteiger partial charge in [0.2, 0.25) is 0 Å². The van der Waals surface area contributed by atoms with Gasteiger partial charge >= 0.3 is 11.7 Å². The first-order chi connectivity index (χ1) is 11.2. The Labute approximate surface area is 134 Å². The van der Waals surface area contributed by atoms with E-state index in [1.54, 1.807) is 4.57 Å². The fourth-order valence-electron chi connectivity index (χ4n) is 3.03. The van der Waals surface area contributed by atoms with E-state index >= 15 is 0 Å². The van der Waals surface area contributed by atoms with Crippen LogP contribution in [0.5, 0.6) is 0 Å². The number of nitrogens with zero attached hydrogens (tertiary/aromatic N) is 2. The molecule has 1 aliphatic heterocycles. The zero-order chi connectivity index (χ0) is 16.2. The van der Waals surface area contributed by atoms with Gasteiger partial charge < -0.3 is 9.47 Å². The van der Waals surface area contributed by atoms with Gasteiger partial charge in [0.15, 0.2) is 0 Å². The molecule has 1 aromatic carbocycles. The first-order valence-electron chi connectivity index (χ1n) is 8.16. The topological polar surface area (TPSA) is 62.5 Å². The minimum absolute atomic E-state index is 0.0126. The maximum Gasteiger partial charge on any atom is 0.329 e. The van der Waals surface area contributed by atoms with Crippen molar-refractivity contribution in [3.05, 3.63) is 34.7 Å². The van der Waals surface area contributed by atoms with Gasteiger partial charge in [0.05, 0.1) is 17.1 Å². The van der Waals surface area contributed by atoms with Crippen LogP contribution in [0.4, 0.5) is 0 Å². The SMILES string of the molecule is CCn1c(=O)n(CC(=O)OCC2CCCCO2)c2ccccc21. The van der Waals surface area contributed by atoms with Crippen molar-refractivity contribution < 1.29 is 14.3 Å². The van der Waals surface area contributed by atoms with Crippen LogP contribution in [-0.4, -0.2) is 34.4 Å². The third-order valence-electron chi connectivity index (χ3n) is 4.23. The molecule has 1 fully saturated rings. The molecule has 2 heterocycles. The third-order valence-corrected chi connectivity index (χ3v) is 4.23. The van der Waals surface area contributed by atoms with Crippen LogP contribution in [0.15, 0.2) is 29.1 Å². The van der Waals surface area contributed by atoms with Gasteiger partial charge in [-0.2, -0.15) is 0 Å². The maximum absolute atomic E-state index is 12.5. The monoisotopic (exact) mass is 318 g/mol. The van der Waals surface area contributed by atoms with Crippen LogP contribution in [0, 0.1) is 0 Å². The molecule has 1 unspecified atom stereocenters. The predicted molar refractivity (Wildman–Crippen MR) is 86.4 cm³/mol. The maximum atomic E-state index is 12.5. The largest absolute Gasteiger partial charge is 0.462 e. The van der Waals surface area contributed by atoms with E-state index in [1.807, 2.05) is 31.2 Å². The summed E-state index contributed by atoms with van der Waals surface area (Å²) >= 11 is 0. The number of carbonyl (C=O) groups is 1. The first-order valence-corrected chi connectivity index (χ1v) is 8.16. The lowest BCUT2D eigenvalue weighted by Gasteiger charge is -2.22. The number of para-hydroxylation sites is 2. The van der Waals surface area contributed by atoms with Crippen molar-refractivity contribution in [3.8, 4) is 0 Å². The second kappa shape index (κ2) is 7.00. The molecule has 1 aliphatic rings. The molecule has 124 valence electrons. The van der Waals surface area contributed by atoms with E-state index in [2.05, 4.69) is 0 Å². The molecule has 0 aliphatic carbocycles. The summed E-state index contributed by atoms with van der Waals surface area (Å²) in [5, 5.41) is 0. The Morgan fingerprint density at radius 1 is 1.26 bits per heavy atom. The van der Waals surface area contributed by atoms with Gasteiger partial charge in [-0.15, -0.1) is 0 Å². The second-order valence-corrected chi connectivity index (χ2v) is 5.77. The van der Waals surface area contributed by atoms with E-state index in [-0.39, 0.29) is 24.9 Å². The lowest BCUT2D eigenvalue weighted by molar-refractivity contribution is -0.149. The second-order valence-electron chi connectivity index (χ2n) is 5.77. The Bertz CT molecular complexity index is 741. The molecule has 1 aromatic heterocycles. The number of esters is 1. The number of fused-ring (bicyclic) bond motifs is 1. The third kappa shape index (κ3) is 3.32. The summed E-state index contributed by atoms with van der Waals surface area (Å²) in [7, 11) is 0. The number of aryl methyl sites for hydroxylation is 1. The van der Waals surface area contributed by atoms with E-state index in [9.17, 15) is 9.59 Å². The standard InChI is InChI=1S/C17H22N2O4/c1-2-18-14-8-3-4-9-15(14)19(17(18)21)11-16(20)23-12-13-7-5-6-10-22-13/h3-4,8-9,13H,2,5-7,10-12H2,1H3. The molecule has 0 amide bonds. The summed E-state index contributed by atoms with van der Waals surface area (Å²) in [6, 6.07) is 7.48. The Kier molecular flexibility index (Phi) is 4.81.